The Balaban J connectivity index is 1.42. The van der Waals surface area contributed by atoms with Gasteiger partial charge >= 0.3 is 0 Å². The zero-order valence-corrected chi connectivity index (χ0v) is 17.3. The van der Waals surface area contributed by atoms with Gasteiger partial charge in [-0.25, -0.2) is 9.67 Å². The van der Waals surface area contributed by atoms with Crippen LogP contribution in [-0.4, -0.2) is 43.6 Å². The lowest BCUT2D eigenvalue weighted by atomic mass is 9.91. The van der Waals surface area contributed by atoms with Crippen molar-refractivity contribution in [3.63, 3.8) is 0 Å². The average Bonchev–Trinajstić information content (AvgIpc) is 3.05. The van der Waals surface area contributed by atoms with Gasteiger partial charge in [-0.1, -0.05) is 30.3 Å². The van der Waals surface area contributed by atoms with Crippen LogP contribution < -0.4 is 0 Å². The maximum absolute atomic E-state index is 12.7. The molecule has 0 radical (unpaired) electrons. The first-order chi connectivity index (χ1) is 14.0. The van der Waals surface area contributed by atoms with Gasteiger partial charge < -0.3 is 4.90 Å². The van der Waals surface area contributed by atoms with E-state index in [2.05, 4.69) is 53.4 Å². The summed E-state index contributed by atoms with van der Waals surface area (Å²) in [6.45, 7) is 7.56. The minimum Gasteiger partial charge on any atom is -0.341 e. The Morgan fingerprint density at radius 3 is 2.38 bits per heavy atom. The molecule has 4 rings (SSSR count). The molecule has 1 aliphatic heterocycles. The second-order valence-corrected chi connectivity index (χ2v) is 7.81. The van der Waals surface area contributed by atoms with Crippen molar-refractivity contribution in [1.29, 1.82) is 0 Å². The van der Waals surface area contributed by atoms with E-state index in [-0.39, 0.29) is 12.5 Å². The van der Waals surface area contributed by atoms with E-state index in [0.717, 1.165) is 43.1 Å². The predicted molar refractivity (Wildman–Crippen MR) is 112 cm³/mol. The molecule has 0 saturated carbocycles. The van der Waals surface area contributed by atoms with Crippen LogP contribution in [0.2, 0.25) is 0 Å². The molecule has 0 aliphatic carbocycles. The first kappa shape index (κ1) is 19.3. The highest BCUT2D eigenvalue weighted by Crippen LogP contribution is 2.30. The molecule has 0 spiro atoms. The maximum atomic E-state index is 12.7. The first-order valence-corrected chi connectivity index (χ1v) is 10.2. The minimum atomic E-state index is 0.110. The summed E-state index contributed by atoms with van der Waals surface area (Å²) >= 11 is 0. The SMILES string of the molecule is Cc1cc(-c2ccccc2)cc(C2CCN(C(=O)Cn3nc(C)nc3C)CC2)n1. The highest BCUT2D eigenvalue weighted by molar-refractivity contribution is 5.76. The van der Waals surface area contributed by atoms with E-state index in [9.17, 15) is 4.79 Å². The van der Waals surface area contributed by atoms with Crippen LogP contribution in [0, 0.1) is 20.8 Å². The van der Waals surface area contributed by atoms with E-state index in [4.69, 9.17) is 4.98 Å². The van der Waals surface area contributed by atoms with Gasteiger partial charge in [0.15, 0.2) is 0 Å². The molecule has 0 atom stereocenters. The molecular formula is C23H27N5O. The van der Waals surface area contributed by atoms with E-state index in [1.54, 1.807) is 4.68 Å². The van der Waals surface area contributed by atoms with Crippen molar-refractivity contribution in [3.8, 4) is 11.1 Å². The fourth-order valence-corrected chi connectivity index (χ4v) is 4.06. The summed E-state index contributed by atoms with van der Waals surface area (Å²) in [5, 5.41) is 4.30. The predicted octanol–water partition coefficient (Wildman–Crippen LogP) is 3.67. The van der Waals surface area contributed by atoms with Crippen LogP contribution in [0.1, 0.15) is 41.8 Å². The van der Waals surface area contributed by atoms with Gasteiger partial charge in [-0.3, -0.25) is 9.78 Å². The molecule has 0 unspecified atom stereocenters. The fraction of sp³-hybridized carbons (Fsp3) is 0.391. The lowest BCUT2D eigenvalue weighted by Crippen LogP contribution is -2.40. The molecule has 29 heavy (non-hydrogen) atoms. The Bertz CT molecular complexity index is 1000. The third kappa shape index (κ3) is 4.36. The Morgan fingerprint density at radius 1 is 1.00 bits per heavy atom. The molecule has 3 aromatic rings. The number of carbonyl (C=O) groups excluding carboxylic acids is 1. The second kappa shape index (κ2) is 8.15. The summed E-state index contributed by atoms with van der Waals surface area (Å²) in [7, 11) is 0. The molecule has 150 valence electrons. The Labute approximate surface area is 171 Å². The molecule has 1 aromatic carbocycles. The Kier molecular flexibility index (Phi) is 5.43. The second-order valence-electron chi connectivity index (χ2n) is 7.81. The number of pyridine rings is 1. The third-order valence-electron chi connectivity index (χ3n) is 5.59. The highest BCUT2D eigenvalue weighted by Gasteiger charge is 2.25. The zero-order valence-electron chi connectivity index (χ0n) is 17.3. The van der Waals surface area contributed by atoms with Gasteiger partial charge in [0.05, 0.1) is 0 Å². The lowest BCUT2D eigenvalue weighted by molar-refractivity contribution is -0.133. The molecule has 6 nitrogen and oxygen atoms in total. The number of carbonyl (C=O) groups is 1. The van der Waals surface area contributed by atoms with Gasteiger partial charge in [0, 0.05) is 30.4 Å². The molecule has 0 N–H and O–H groups in total. The lowest BCUT2D eigenvalue weighted by Gasteiger charge is -2.32. The standard InChI is InChI=1S/C23H27N5O/c1-16-13-21(19-7-5-4-6-8-19)14-22(24-16)20-9-11-27(12-10-20)23(29)15-28-18(3)25-17(2)26-28/h4-8,13-14,20H,9-12,15H2,1-3H3. The van der Waals surface area contributed by atoms with Crippen molar-refractivity contribution >= 4 is 5.91 Å². The molecule has 2 aromatic heterocycles. The summed E-state index contributed by atoms with van der Waals surface area (Å²) in [4.78, 5) is 23.7. The molecule has 6 heteroatoms. The normalized spacial score (nSPS) is 14.9. The Morgan fingerprint density at radius 2 is 1.72 bits per heavy atom. The third-order valence-corrected chi connectivity index (χ3v) is 5.59. The summed E-state index contributed by atoms with van der Waals surface area (Å²) in [5.41, 5.74) is 4.60. The fourth-order valence-electron chi connectivity index (χ4n) is 4.06. The molecule has 1 saturated heterocycles. The number of aromatic nitrogens is 4. The van der Waals surface area contributed by atoms with Gasteiger partial charge in [0.1, 0.15) is 18.2 Å². The van der Waals surface area contributed by atoms with Crippen molar-refractivity contribution in [2.24, 2.45) is 0 Å². The van der Waals surface area contributed by atoms with Gasteiger partial charge in [-0.15, -0.1) is 0 Å². The van der Waals surface area contributed by atoms with E-state index < -0.39 is 0 Å². The summed E-state index contributed by atoms with van der Waals surface area (Å²) in [6, 6.07) is 14.8. The van der Waals surface area contributed by atoms with Gasteiger partial charge in [-0.05, 0) is 56.9 Å². The quantitative estimate of drug-likeness (QED) is 0.683. The summed E-state index contributed by atoms with van der Waals surface area (Å²) < 4.78 is 1.69. The van der Waals surface area contributed by atoms with E-state index in [1.165, 1.54) is 11.1 Å². The van der Waals surface area contributed by atoms with Crippen LogP contribution >= 0.6 is 0 Å². The average molecular weight is 390 g/mol. The van der Waals surface area contributed by atoms with Crippen LogP contribution in [0.3, 0.4) is 0 Å². The minimum absolute atomic E-state index is 0.110. The van der Waals surface area contributed by atoms with Crippen LogP contribution in [0.4, 0.5) is 0 Å². The number of hydrogen-bond acceptors (Lipinski definition) is 4. The topological polar surface area (TPSA) is 63.9 Å². The van der Waals surface area contributed by atoms with Crippen molar-refractivity contribution in [2.45, 2.75) is 46.1 Å². The van der Waals surface area contributed by atoms with E-state index in [0.29, 0.717) is 11.7 Å². The molecule has 1 amide bonds. The molecule has 1 fully saturated rings. The maximum Gasteiger partial charge on any atom is 0.244 e. The van der Waals surface area contributed by atoms with Crippen molar-refractivity contribution < 1.29 is 4.79 Å². The van der Waals surface area contributed by atoms with E-state index >= 15 is 0 Å². The Hall–Kier alpha value is -3.02. The molecule has 3 heterocycles. The number of rotatable bonds is 4. The van der Waals surface area contributed by atoms with Gasteiger partial charge in [0.25, 0.3) is 0 Å². The smallest absolute Gasteiger partial charge is 0.244 e. The van der Waals surface area contributed by atoms with Crippen LogP contribution in [0.25, 0.3) is 11.1 Å². The molecule has 0 bridgehead atoms. The van der Waals surface area contributed by atoms with Crippen LogP contribution in [-0.2, 0) is 11.3 Å². The van der Waals surface area contributed by atoms with Gasteiger partial charge in [-0.2, -0.15) is 5.10 Å². The van der Waals surface area contributed by atoms with Crippen molar-refractivity contribution in [2.75, 3.05) is 13.1 Å². The number of nitrogens with zero attached hydrogens (tertiary/aromatic N) is 5. The number of benzene rings is 1. The number of hydrogen-bond donors (Lipinski definition) is 0. The molecular weight excluding hydrogens is 362 g/mol. The van der Waals surface area contributed by atoms with Crippen molar-refractivity contribution in [1.82, 2.24) is 24.6 Å². The highest BCUT2D eigenvalue weighted by atomic mass is 16.2. The first-order valence-electron chi connectivity index (χ1n) is 10.2. The number of likely N-dealkylation sites (tertiary alicyclic amines) is 1. The zero-order chi connectivity index (χ0) is 20.4. The van der Waals surface area contributed by atoms with E-state index in [1.807, 2.05) is 24.8 Å². The van der Waals surface area contributed by atoms with Gasteiger partial charge in [0.2, 0.25) is 5.91 Å². The van der Waals surface area contributed by atoms with Crippen molar-refractivity contribution in [3.05, 3.63) is 65.5 Å². The molecule has 1 aliphatic rings. The number of piperidine rings is 1. The summed E-state index contributed by atoms with van der Waals surface area (Å²) in [6.07, 6.45) is 1.87. The van der Waals surface area contributed by atoms with Crippen LogP contribution in [0.5, 0.6) is 0 Å². The number of amides is 1. The van der Waals surface area contributed by atoms with Crippen LogP contribution in [0.15, 0.2) is 42.5 Å². The summed E-state index contributed by atoms with van der Waals surface area (Å²) in [5.74, 6) is 1.98. The largest absolute Gasteiger partial charge is 0.341 e. The monoisotopic (exact) mass is 389 g/mol. The number of aryl methyl sites for hydroxylation is 3.